The van der Waals surface area contributed by atoms with Crippen molar-refractivity contribution in [3.8, 4) is 0 Å². The summed E-state index contributed by atoms with van der Waals surface area (Å²) in [4.78, 5) is 28.0. The van der Waals surface area contributed by atoms with Crippen LogP contribution in [0.15, 0.2) is 75.0 Å². The number of hydrogen-bond donors (Lipinski definition) is 1. The maximum Gasteiger partial charge on any atom is 0.345 e. The molecule has 7 nitrogen and oxygen atoms in total. The number of hydrazone groups is 1. The van der Waals surface area contributed by atoms with Crippen LogP contribution in [0.5, 0.6) is 0 Å². The van der Waals surface area contributed by atoms with Crippen molar-refractivity contribution < 1.29 is 14.3 Å². The first-order valence-corrected chi connectivity index (χ1v) is 11.0. The molecule has 0 aliphatic carbocycles. The van der Waals surface area contributed by atoms with Gasteiger partial charge in [-0.3, -0.25) is 9.69 Å². The van der Waals surface area contributed by atoms with E-state index in [0.717, 1.165) is 10.9 Å². The maximum absolute atomic E-state index is 13.3. The van der Waals surface area contributed by atoms with Gasteiger partial charge in [-0.05, 0) is 30.5 Å². The molecular formula is C25H25N3O4. The molecule has 1 amide bonds. The van der Waals surface area contributed by atoms with Crippen molar-refractivity contribution in [1.29, 1.82) is 0 Å². The van der Waals surface area contributed by atoms with E-state index in [-0.39, 0.29) is 24.6 Å². The van der Waals surface area contributed by atoms with E-state index in [0.29, 0.717) is 49.2 Å². The van der Waals surface area contributed by atoms with E-state index in [9.17, 15) is 14.7 Å². The van der Waals surface area contributed by atoms with Gasteiger partial charge in [0.2, 0.25) is 0 Å². The number of nitrogens with zero attached hydrogens (tertiary/aromatic N) is 3. The second kappa shape index (κ2) is 8.68. The molecule has 1 atom stereocenters. The number of piperidine rings is 1. The topological polar surface area (TPSA) is 86.3 Å². The van der Waals surface area contributed by atoms with Crippen LogP contribution in [0.4, 0.5) is 0 Å². The van der Waals surface area contributed by atoms with Crippen LogP contribution in [0.25, 0.3) is 11.0 Å². The molecule has 1 fully saturated rings. The van der Waals surface area contributed by atoms with Gasteiger partial charge in [-0.25, -0.2) is 9.80 Å². The standard InChI is InChI=1S/C25H25N3O4/c29-19-10-12-27(13-11-19)16-24(30)28-22(17-6-2-1-3-7-17)15-21(26-28)20-14-18-8-4-5-9-23(18)32-25(20)31/h1-9,14,19,22,29H,10-13,15-16H2. The Bertz CT molecular complexity index is 1210. The third kappa shape index (κ3) is 4.09. The van der Waals surface area contributed by atoms with Gasteiger partial charge < -0.3 is 9.52 Å². The number of aliphatic hydroxyl groups excluding tert-OH is 1. The third-order valence-corrected chi connectivity index (χ3v) is 6.22. The fourth-order valence-electron chi connectivity index (χ4n) is 4.44. The van der Waals surface area contributed by atoms with Crippen molar-refractivity contribution in [3.63, 3.8) is 0 Å². The Morgan fingerprint density at radius 3 is 2.56 bits per heavy atom. The van der Waals surface area contributed by atoms with Gasteiger partial charge in [0.25, 0.3) is 5.91 Å². The van der Waals surface area contributed by atoms with Gasteiger partial charge in [0, 0.05) is 24.9 Å². The van der Waals surface area contributed by atoms with Crippen LogP contribution >= 0.6 is 0 Å². The van der Waals surface area contributed by atoms with Crippen LogP contribution in [0.2, 0.25) is 0 Å². The molecule has 2 aliphatic heterocycles. The Labute approximate surface area is 185 Å². The predicted molar refractivity (Wildman–Crippen MR) is 121 cm³/mol. The minimum absolute atomic E-state index is 0.115. The molecule has 0 bridgehead atoms. The molecule has 1 N–H and O–H groups in total. The monoisotopic (exact) mass is 431 g/mol. The number of carbonyl (C=O) groups excluding carboxylic acids is 1. The van der Waals surface area contributed by atoms with Crippen LogP contribution in [-0.4, -0.2) is 52.4 Å². The zero-order chi connectivity index (χ0) is 22.1. The van der Waals surface area contributed by atoms with Gasteiger partial charge in [-0.1, -0.05) is 48.5 Å². The number of rotatable bonds is 4. The minimum Gasteiger partial charge on any atom is -0.422 e. The maximum atomic E-state index is 13.3. The zero-order valence-corrected chi connectivity index (χ0v) is 17.7. The van der Waals surface area contributed by atoms with E-state index in [4.69, 9.17) is 4.42 Å². The summed E-state index contributed by atoms with van der Waals surface area (Å²) in [5, 5.41) is 16.7. The number of amides is 1. The van der Waals surface area contributed by atoms with Crippen LogP contribution in [0.1, 0.15) is 36.4 Å². The number of para-hydroxylation sites is 1. The van der Waals surface area contributed by atoms with E-state index >= 15 is 0 Å². The zero-order valence-electron chi connectivity index (χ0n) is 17.7. The summed E-state index contributed by atoms with van der Waals surface area (Å²) in [6.45, 7) is 1.60. The van der Waals surface area contributed by atoms with Crippen molar-refractivity contribution >= 4 is 22.6 Å². The molecule has 3 heterocycles. The SMILES string of the molecule is O=C(CN1CCC(O)CC1)N1N=C(c2cc3ccccc3oc2=O)CC1c1ccccc1. The normalized spacial score (nSPS) is 20.0. The number of hydrogen-bond acceptors (Lipinski definition) is 6. The average molecular weight is 431 g/mol. The van der Waals surface area contributed by atoms with Gasteiger partial charge in [0.05, 0.1) is 30.0 Å². The second-order valence-corrected chi connectivity index (χ2v) is 8.41. The largest absolute Gasteiger partial charge is 0.422 e. The first-order valence-electron chi connectivity index (χ1n) is 11.0. The number of carbonyl (C=O) groups is 1. The molecule has 32 heavy (non-hydrogen) atoms. The van der Waals surface area contributed by atoms with Crippen molar-refractivity contribution in [2.24, 2.45) is 5.10 Å². The highest BCUT2D eigenvalue weighted by molar-refractivity contribution is 6.04. The summed E-state index contributed by atoms with van der Waals surface area (Å²) in [5.74, 6) is -0.115. The van der Waals surface area contributed by atoms with E-state index in [1.165, 1.54) is 5.01 Å². The van der Waals surface area contributed by atoms with Gasteiger partial charge in [0.1, 0.15) is 5.58 Å². The lowest BCUT2D eigenvalue weighted by Gasteiger charge is -2.31. The molecule has 1 saturated heterocycles. The quantitative estimate of drug-likeness (QED) is 0.642. The summed E-state index contributed by atoms with van der Waals surface area (Å²) in [5.41, 5.74) is 1.99. The second-order valence-electron chi connectivity index (χ2n) is 8.41. The summed E-state index contributed by atoms with van der Waals surface area (Å²) in [6, 6.07) is 18.6. The molecule has 0 saturated carbocycles. The van der Waals surface area contributed by atoms with E-state index < -0.39 is 5.63 Å². The molecule has 1 unspecified atom stereocenters. The Morgan fingerprint density at radius 1 is 1.06 bits per heavy atom. The van der Waals surface area contributed by atoms with Crippen LogP contribution in [0.3, 0.4) is 0 Å². The van der Waals surface area contributed by atoms with Gasteiger partial charge in [0.15, 0.2) is 0 Å². The number of fused-ring (bicyclic) bond motifs is 1. The molecule has 5 rings (SSSR count). The van der Waals surface area contributed by atoms with Crippen LogP contribution in [-0.2, 0) is 4.79 Å². The lowest BCUT2D eigenvalue weighted by atomic mass is 9.98. The average Bonchev–Trinajstić information content (AvgIpc) is 3.26. The van der Waals surface area contributed by atoms with Crippen molar-refractivity contribution in [3.05, 3.63) is 82.2 Å². The van der Waals surface area contributed by atoms with E-state index in [1.54, 1.807) is 12.1 Å². The van der Waals surface area contributed by atoms with Crippen molar-refractivity contribution in [2.45, 2.75) is 31.4 Å². The molecule has 0 spiro atoms. The molecular weight excluding hydrogens is 406 g/mol. The fourth-order valence-corrected chi connectivity index (χ4v) is 4.44. The summed E-state index contributed by atoms with van der Waals surface area (Å²) in [6.07, 6.45) is 1.49. The smallest absolute Gasteiger partial charge is 0.345 e. The first kappa shape index (κ1) is 20.6. The number of benzene rings is 2. The molecule has 7 heteroatoms. The van der Waals surface area contributed by atoms with Crippen molar-refractivity contribution in [2.75, 3.05) is 19.6 Å². The Morgan fingerprint density at radius 2 is 1.78 bits per heavy atom. The van der Waals surface area contributed by atoms with Gasteiger partial charge in [-0.15, -0.1) is 0 Å². The van der Waals surface area contributed by atoms with Crippen molar-refractivity contribution in [1.82, 2.24) is 9.91 Å². The lowest BCUT2D eigenvalue weighted by Crippen LogP contribution is -2.43. The highest BCUT2D eigenvalue weighted by Crippen LogP contribution is 2.33. The van der Waals surface area contributed by atoms with E-state index in [1.807, 2.05) is 48.5 Å². The molecule has 164 valence electrons. The lowest BCUT2D eigenvalue weighted by molar-refractivity contribution is -0.134. The Balaban J connectivity index is 1.47. The minimum atomic E-state index is -0.450. The molecule has 1 aromatic heterocycles. The van der Waals surface area contributed by atoms with Gasteiger partial charge in [-0.2, -0.15) is 5.10 Å². The Hall–Kier alpha value is -3.29. The third-order valence-electron chi connectivity index (χ3n) is 6.22. The fraction of sp³-hybridized carbons (Fsp3) is 0.320. The van der Waals surface area contributed by atoms with Gasteiger partial charge >= 0.3 is 5.63 Å². The van der Waals surface area contributed by atoms with Crippen LogP contribution in [0, 0.1) is 0 Å². The molecule has 3 aromatic rings. The molecule has 2 aromatic carbocycles. The summed E-state index contributed by atoms with van der Waals surface area (Å²) in [7, 11) is 0. The molecule has 0 radical (unpaired) electrons. The number of likely N-dealkylation sites (tertiary alicyclic amines) is 1. The predicted octanol–water partition coefficient (Wildman–Crippen LogP) is 2.93. The first-order chi connectivity index (χ1) is 15.6. The van der Waals surface area contributed by atoms with E-state index in [2.05, 4.69) is 10.0 Å². The number of aliphatic hydroxyl groups is 1. The summed E-state index contributed by atoms with van der Waals surface area (Å²) < 4.78 is 5.50. The Kier molecular flexibility index (Phi) is 5.59. The molecule has 2 aliphatic rings. The summed E-state index contributed by atoms with van der Waals surface area (Å²) >= 11 is 0. The van der Waals surface area contributed by atoms with Crippen LogP contribution < -0.4 is 5.63 Å². The highest BCUT2D eigenvalue weighted by Gasteiger charge is 2.35. The highest BCUT2D eigenvalue weighted by atomic mass is 16.4.